The summed E-state index contributed by atoms with van der Waals surface area (Å²) in [4.78, 5) is 31.1. The van der Waals surface area contributed by atoms with Gasteiger partial charge in [-0.15, -0.1) is 0 Å². The van der Waals surface area contributed by atoms with Gasteiger partial charge in [0, 0.05) is 48.9 Å². The van der Waals surface area contributed by atoms with E-state index in [9.17, 15) is 14.3 Å². The molecule has 5 rings (SSSR count). The van der Waals surface area contributed by atoms with E-state index >= 15 is 0 Å². The molecule has 3 aromatic rings. The van der Waals surface area contributed by atoms with Gasteiger partial charge >= 0.3 is 5.97 Å². The first-order valence-corrected chi connectivity index (χ1v) is 11.9. The fraction of sp³-hybridized carbons (Fsp3) is 0.231. The van der Waals surface area contributed by atoms with Gasteiger partial charge in [-0.1, -0.05) is 24.8 Å². The minimum Gasteiger partial charge on any atom is -0.478 e. The second-order valence-electron chi connectivity index (χ2n) is 8.71. The highest BCUT2D eigenvalue weighted by atomic mass is 35.5. The maximum Gasteiger partial charge on any atom is 0.337 e. The lowest BCUT2D eigenvalue weighted by Crippen LogP contribution is -2.45. The van der Waals surface area contributed by atoms with E-state index in [2.05, 4.69) is 18.1 Å². The van der Waals surface area contributed by atoms with Crippen molar-refractivity contribution < 1.29 is 14.3 Å². The van der Waals surface area contributed by atoms with Gasteiger partial charge in [0.2, 0.25) is 5.95 Å². The van der Waals surface area contributed by atoms with Crippen LogP contribution in [0.2, 0.25) is 5.02 Å². The van der Waals surface area contributed by atoms with Gasteiger partial charge in [0.1, 0.15) is 17.5 Å². The Morgan fingerprint density at radius 1 is 1.03 bits per heavy atom. The number of benzene rings is 1. The molecule has 36 heavy (non-hydrogen) atoms. The third-order valence-corrected chi connectivity index (χ3v) is 6.58. The average molecular weight is 507 g/mol. The second-order valence-corrected chi connectivity index (χ2v) is 9.12. The van der Waals surface area contributed by atoms with E-state index in [1.807, 2.05) is 20.8 Å². The Kier molecular flexibility index (Phi) is 6.32. The molecule has 0 amide bonds. The topological polar surface area (TPSA) is 85.7 Å². The largest absolute Gasteiger partial charge is 0.478 e. The zero-order chi connectivity index (χ0) is 25.4. The summed E-state index contributed by atoms with van der Waals surface area (Å²) in [6.07, 6.45) is 3.17. The maximum absolute atomic E-state index is 13.5. The molecule has 8 nitrogen and oxygen atoms in total. The summed E-state index contributed by atoms with van der Waals surface area (Å²) in [6, 6.07) is 9.50. The van der Waals surface area contributed by atoms with Crippen LogP contribution in [0.1, 0.15) is 23.2 Å². The number of aromatic nitrogens is 3. The summed E-state index contributed by atoms with van der Waals surface area (Å²) in [7, 11) is 0. The van der Waals surface area contributed by atoms with E-state index in [1.54, 1.807) is 12.1 Å². The summed E-state index contributed by atoms with van der Waals surface area (Å²) < 4.78 is 13.5. The Hall–Kier alpha value is -3.98. The molecular weight excluding hydrogens is 483 g/mol. The molecule has 1 aromatic carbocycles. The number of hydrogen-bond acceptors (Lipinski definition) is 7. The number of halogens is 2. The van der Waals surface area contributed by atoms with Gasteiger partial charge in [0.15, 0.2) is 0 Å². The van der Waals surface area contributed by atoms with Gasteiger partial charge in [-0.25, -0.2) is 19.2 Å². The van der Waals surface area contributed by atoms with Crippen LogP contribution in [0.5, 0.6) is 0 Å². The molecule has 0 atom stereocenters. The lowest BCUT2D eigenvalue weighted by atomic mass is 10.1. The Bertz CT molecular complexity index is 1360. The summed E-state index contributed by atoms with van der Waals surface area (Å²) in [6.45, 7) is 10.8. The summed E-state index contributed by atoms with van der Waals surface area (Å²) in [5.74, 6) is 0.352. The predicted octanol–water partition coefficient (Wildman–Crippen LogP) is 4.98. The number of allylic oxidation sites excluding steroid dienone is 1. The molecule has 0 radical (unpaired) electrons. The molecular formula is C26H24ClFN6O2. The van der Waals surface area contributed by atoms with Crippen LogP contribution >= 0.6 is 11.6 Å². The lowest BCUT2D eigenvalue weighted by Gasteiger charge is -2.38. The van der Waals surface area contributed by atoms with Crippen LogP contribution < -0.4 is 14.7 Å². The molecule has 0 aliphatic carbocycles. The van der Waals surface area contributed by atoms with Crippen LogP contribution in [0.3, 0.4) is 0 Å². The highest BCUT2D eigenvalue weighted by Gasteiger charge is 2.27. The first kappa shape index (κ1) is 23.7. The fourth-order valence-corrected chi connectivity index (χ4v) is 4.71. The van der Waals surface area contributed by atoms with Gasteiger partial charge in [0.25, 0.3) is 0 Å². The van der Waals surface area contributed by atoms with E-state index in [-0.39, 0.29) is 16.4 Å². The van der Waals surface area contributed by atoms with Crippen molar-refractivity contribution in [2.75, 3.05) is 40.9 Å². The summed E-state index contributed by atoms with van der Waals surface area (Å²) in [5.41, 5.74) is 3.23. The number of carbonyl (C=O) groups is 1. The number of nitrogens with zero attached hydrogens (tertiary/aromatic N) is 6. The second kappa shape index (κ2) is 9.58. The molecule has 2 saturated heterocycles. The number of carboxylic acid groups (broad SMARTS) is 1. The van der Waals surface area contributed by atoms with E-state index in [0.717, 1.165) is 36.3 Å². The molecule has 2 aliphatic rings. The number of rotatable bonds is 5. The van der Waals surface area contributed by atoms with Crippen LogP contribution in [-0.2, 0) is 0 Å². The molecule has 2 fully saturated rings. The SMILES string of the molecule is C=C1CN(c2ncc(C(=O)O)cc2Cl)CCN1c1cc(-c2ccc(F)cc2)nc(N2CCCC2=C)n1. The Labute approximate surface area is 213 Å². The number of piperazine rings is 1. The minimum atomic E-state index is -1.08. The van der Waals surface area contributed by atoms with E-state index in [4.69, 9.17) is 21.6 Å². The number of anilines is 3. The third-order valence-electron chi connectivity index (χ3n) is 6.30. The molecule has 0 unspecified atom stereocenters. The van der Waals surface area contributed by atoms with Crippen LogP contribution in [0, 0.1) is 5.82 Å². The molecule has 4 heterocycles. The zero-order valence-corrected chi connectivity index (χ0v) is 20.2. The van der Waals surface area contributed by atoms with Gasteiger partial charge in [-0.3, -0.25) is 0 Å². The van der Waals surface area contributed by atoms with Gasteiger partial charge in [-0.05, 0) is 43.2 Å². The lowest BCUT2D eigenvalue weighted by molar-refractivity contribution is 0.0696. The van der Waals surface area contributed by atoms with Crippen LogP contribution in [0.4, 0.5) is 22.0 Å². The van der Waals surface area contributed by atoms with Crippen molar-refractivity contribution in [2.24, 2.45) is 0 Å². The number of pyridine rings is 1. The zero-order valence-electron chi connectivity index (χ0n) is 19.5. The van der Waals surface area contributed by atoms with Crippen molar-refractivity contribution in [3.05, 3.63) is 83.6 Å². The standard InChI is InChI=1S/C26H24ClFN6O2/c1-16-4-3-9-34(16)26-30-22(18-5-7-20(28)8-6-18)13-23(31-26)33-11-10-32(15-17(33)2)24-21(27)12-19(14-29-24)25(35)36/h5-8,12-14H,1-4,9-11,15H2,(H,35,36). The quantitative estimate of drug-likeness (QED) is 0.518. The highest BCUT2D eigenvalue weighted by molar-refractivity contribution is 6.33. The van der Waals surface area contributed by atoms with Crippen molar-refractivity contribution in [3.8, 4) is 11.3 Å². The molecule has 1 N–H and O–H groups in total. The van der Waals surface area contributed by atoms with E-state index < -0.39 is 5.97 Å². The molecule has 0 saturated carbocycles. The van der Waals surface area contributed by atoms with Crippen molar-refractivity contribution in [2.45, 2.75) is 12.8 Å². The molecule has 184 valence electrons. The maximum atomic E-state index is 13.5. The van der Waals surface area contributed by atoms with Gasteiger partial charge < -0.3 is 19.8 Å². The fourth-order valence-electron chi connectivity index (χ4n) is 4.43. The normalized spacial score (nSPS) is 16.1. The molecule has 0 spiro atoms. The third kappa shape index (κ3) is 4.61. The highest BCUT2D eigenvalue weighted by Crippen LogP contribution is 2.33. The molecule has 2 aromatic heterocycles. The molecule has 10 heteroatoms. The minimum absolute atomic E-state index is 0.0338. The molecule has 2 aliphatic heterocycles. The van der Waals surface area contributed by atoms with Crippen molar-refractivity contribution >= 4 is 35.2 Å². The smallest absolute Gasteiger partial charge is 0.337 e. The summed E-state index contributed by atoms with van der Waals surface area (Å²) in [5, 5.41) is 9.45. The Morgan fingerprint density at radius 2 is 1.81 bits per heavy atom. The number of carboxylic acids is 1. The first-order valence-electron chi connectivity index (χ1n) is 11.5. The number of hydrogen-bond donors (Lipinski definition) is 1. The average Bonchev–Trinajstić information content (AvgIpc) is 3.30. The van der Waals surface area contributed by atoms with Crippen LogP contribution in [0.15, 0.2) is 67.1 Å². The predicted molar refractivity (Wildman–Crippen MR) is 138 cm³/mol. The first-order chi connectivity index (χ1) is 17.3. The van der Waals surface area contributed by atoms with Crippen molar-refractivity contribution in [3.63, 3.8) is 0 Å². The van der Waals surface area contributed by atoms with Crippen molar-refractivity contribution in [1.82, 2.24) is 15.0 Å². The van der Waals surface area contributed by atoms with Crippen LogP contribution in [-0.4, -0.2) is 52.2 Å². The van der Waals surface area contributed by atoms with Gasteiger partial charge in [-0.2, -0.15) is 4.98 Å². The van der Waals surface area contributed by atoms with Gasteiger partial charge in [0.05, 0.1) is 22.8 Å². The van der Waals surface area contributed by atoms with Crippen LogP contribution in [0.25, 0.3) is 11.3 Å². The van der Waals surface area contributed by atoms with E-state index in [1.165, 1.54) is 24.4 Å². The number of aromatic carboxylic acids is 1. The molecule has 0 bridgehead atoms. The van der Waals surface area contributed by atoms with Crippen molar-refractivity contribution in [1.29, 1.82) is 0 Å². The Morgan fingerprint density at radius 3 is 2.44 bits per heavy atom. The van der Waals surface area contributed by atoms with E-state index in [0.29, 0.717) is 42.9 Å². The monoisotopic (exact) mass is 506 g/mol. The summed E-state index contributed by atoms with van der Waals surface area (Å²) >= 11 is 6.34. The Balaban J connectivity index is 1.45.